The number of anilines is 1. The summed E-state index contributed by atoms with van der Waals surface area (Å²) in [5, 5.41) is 5.98. The van der Waals surface area contributed by atoms with Gasteiger partial charge >= 0.3 is 0 Å². The number of aromatic nitrogens is 1. The number of amides is 1. The van der Waals surface area contributed by atoms with Gasteiger partial charge in [-0.3, -0.25) is 4.79 Å². The van der Waals surface area contributed by atoms with Gasteiger partial charge in [-0.15, -0.1) is 0 Å². The number of carbonyl (C=O) groups excluding carboxylic acids is 1. The first kappa shape index (κ1) is 10.9. The largest absolute Gasteiger partial charge is 0.370 e. The Kier molecular flexibility index (Phi) is 3.75. The summed E-state index contributed by atoms with van der Waals surface area (Å²) in [6.45, 7) is 1.74. The number of hydrogen-bond acceptors (Lipinski definition) is 3. The summed E-state index contributed by atoms with van der Waals surface area (Å²) in [5.41, 5.74) is 2.42. The summed E-state index contributed by atoms with van der Waals surface area (Å²) in [4.78, 5) is 14.7. The van der Waals surface area contributed by atoms with Crippen LogP contribution in [-0.4, -0.2) is 24.5 Å². The maximum Gasteiger partial charge on any atom is 0.207 e. The Hall–Kier alpha value is -1.58. The van der Waals surface area contributed by atoms with Crippen molar-refractivity contribution in [1.82, 2.24) is 10.3 Å². The van der Waals surface area contributed by atoms with Crippen molar-refractivity contribution >= 4 is 12.2 Å². The fraction of sp³-hybridized carbons (Fsp3) is 0.500. The van der Waals surface area contributed by atoms with Gasteiger partial charge in [-0.2, -0.15) is 0 Å². The summed E-state index contributed by atoms with van der Waals surface area (Å²) >= 11 is 0. The SMILES string of the molecule is O=CNCCCc1ccc2c(n1)NCCC2. The van der Waals surface area contributed by atoms with E-state index in [-0.39, 0.29) is 0 Å². The predicted octanol–water partition coefficient (Wildman–Crippen LogP) is 1.12. The highest BCUT2D eigenvalue weighted by atomic mass is 16.1. The summed E-state index contributed by atoms with van der Waals surface area (Å²) in [6, 6.07) is 4.25. The number of fused-ring (bicyclic) bond motifs is 1. The van der Waals surface area contributed by atoms with Gasteiger partial charge in [0.05, 0.1) is 0 Å². The van der Waals surface area contributed by atoms with Gasteiger partial charge in [0.2, 0.25) is 6.41 Å². The van der Waals surface area contributed by atoms with E-state index in [0.29, 0.717) is 0 Å². The van der Waals surface area contributed by atoms with Crippen molar-refractivity contribution in [1.29, 1.82) is 0 Å². The van der Waals surface area contributed by atoms with Crippen LogP contribution in [0.2, 0.25) is 0 Å². The highest BCUT2D eigenvalue weighted by Gasteiger charge is 2.09. The Morgan fingerprint density at radius 3 is 3.31 bits per heavy atom. The molecule has 0 aromatic carbocycles. The van der Waals surface area contributed by atoms with E-state index in [1.54, 1.807) is 0 Å². The molecular weight excluding hydrogens is 202 g/mol. The van der Waals surface area contributed by atoms with Gasteiger partial charge in [-0.05, 0) is 37.3 Å². The fourth-order valence-electron chi connectivity index (χ4n) is 1.94. The van der Waals surface area contributed by atoms with Crippen molar-refractivity contribution < 1.29 is 4.79 Å². The molecule has 2 rings (SSSR count). The fourth-order valence-corrected chi connectivity index (χ4v) is 1.94. The van der Waals surface area contributed by atoms with E-state index >= 15 is 0 Å². The van der Waals surface area contributed by atoms with E-state index < -0.39 is 0 Å². The van der Waals surface area contributed by atoms with Gasteiger partial charge in [0.15, 0.2) is 0 Å². The van der Waals surface area contributed by atoms with Crippen molar-refractivity contribution in [3.05, 3.63) is 23.4 Å². The first-order valence-corrected chi connectivity index (χ1v) is 5.80. The van der Waals surface area contributed by atoms with Crippen LogP contribution >= 0.6 is 0 Å². The van der Waals surface area contributed by atoms with Crippen LogP contribution in [0.5, 0.6) is 0 Å². The van der Waals surface area contributed by atoms with Crippen molar-refractivity contribution in [3.63, 3.8) is 0 Å². The highest BCUT2D eigenvalue weighted by Crippen LogP contribution is 2.19. The van der Waals surface area contributed by atoms with Crippen LogP contribution in [0.3, 0.4) is 0 Å². The Bertz CT molecular complexity index is 365. The second-order valence-corrected chi connectivity index (χ2v) is 4.02. The molecule has 0 atom stereocenters. The van der Waals surface area contributed by atoms with Gasteiger partial charge in [-0.25, -0.2) is 4.98 Å². The monoisotopic (exact) mass is 219 g/mol. The molecule has 0 saturated heterocycles. The molecule has 0 radical (unpaired) electrons. The number of pyridine rings is 1. The van der Waals surface area contributed by atoms with Crippen LogP contribution in [-0.2, 0) is 17.6 Å². The van der Waals surface area contributed by atoms with Crippen LogP contribution in [0.25, 0.3) is 0 Å². The molecule has 1 amide bonds. The van der Waals surface area contributed by atoms with Crippen molar-refractivity contribution in [3.8, 4) is 0 Å². The van der Waals surface area contributed by atoms with Crippen LogP contribution in [0, 0.1) is 0 Å². The van der Waals surface area contributed by atoms with Gasteiger partial charge in [0.1, 0.15) is 5.82 Å². The Morgan fingerprint density at radius 2 is 2.44 bits per heavy atom. The molecule has 1 aliphatic heterocycles. The molecule has 0 spiro atoms. The number of carbonyl (C=O) groups is 1. The Balaban J connectivity index is 1.92. The van der Waals surface area contributed by atoms with Crippen molar-refractivity contribution in [2.45, 2.75) is 25.7 Å². The minimum atomic E-state index is 0.718. The second kappa shape index (κ2) is 5.49. The maximum atomic E-state index is 10.1. The zero-order chi connectivity index (χ0) is 11.2. The molecule has 86 valence electrons. The number of nitrogens with zero attached hydrogens (tertiary/aromatic N) is 1. The molecule has 1 aromatic heterocycles. The summed E-state index contributed by atoms with van der Waals surface area (Å²) in [6.07, 6.45) is 4.90. The van der Waals surface area contributed by atoms with Gasteiger partial charge in [0.25, 0.3) is 0 Å². The average Bonchev–Trinajstić information content (AvgIpc) is 2.34. The number of hydrogen-bond donors (Lipinski definition) is 2. The van der Waals surface area contributed by atoms with Gasteiger partial charge < -0.3 is 10.6 Å². The Labute approximate surface area is 95.5 Å². The third kappa shape index (κ3) is 2.72. The van der Waals surface area contributed by atoms with E-state index in [4.69, 9.17) is 0 Å². The lowest BCUT2D eigenvalue weighted by Crippen LogP contribution is -2.15. The highest BCUT2D eigenvalue weighted by molar-refractivity contribution is 5.47. The average molecular weight is 219 g/mol. The second-order valence-electron chi connectivity index (χ2n) is 4.02. The molecule has 0 saturated carbocycles. The molecule has 2 N–H and O–H groups in total. The van der Waals surface area contributed by atoms with E-state index in [1.807, 2.05) is 0 Å². The molecule has 4 nitrogen and oxygen atoms in total. The Morgan fingerprint density at radius 1 is 1.50 bits per heavy atom. The number of nitrogens with one attached hydrogen (secondary N) is 2. The normalized spacial score (nSPS) is 13.8. The van der Waals surface area contributed by atoms with E-state index in [2.05, 4.69) is 27.8 Å². The van der Waals surface area contributed by atoms with E-state index in [0.717, 1.165) is 50.3 Å². The van der Waals surface area contributed by atoms with Crippen LogP contribution in [0.4, 0.5) is 5.82 Å². The first-order valence-electron chi connectivity index (χ1n) is 5.80. The lowest BCUT2D eigenvalue weighted by atomic mass is 10.1. The lowest BCUT2D eigenvalue weighted by Gasteiger charge is -2.17. The topological polar surface area (TPSA) is 54.0 Å². The molecule has 1 aliphatic rings. The zero-order valence-electron chi connectivity index (χ0n) is 9.33. The molecular formula is C12H17N3O. The molecule has 0 aliphatic carbocycles. The van der Waals surface area contributed by atoms with Gasteiger partial charge in [-0.1, -0.05) is 6.07 Å². The zero-order valence-corrected chi connectivity index (χ0v) is 9.33. The number of aryl methyl sites for hydroxylation is 2. The molecule has 0 bridgehead atoms. The molecule has 16 heavy (non-hydrogen) atoms. The van der Waals surface area contributed by atoms with E-state index in [9.17, 15) is 4.79 Å². The van der Waals surface area contributed by atoms with Crippen molar-refractivity contribution in [2.75, 3.05) is 18.4 Å². The van der Waals surface area contributed by atoms with Crippen molar-refractivity contribution in [2.24, 2.45) is 0 Å². The molecule has 0 unspecified atom stereocenters. The minimum Gasteiger partial charge on any atom is -0.370 e. The maximum absolute atomic E-state index is 10.1. The molecule has 2 heterocycles. The van der Waals surface area contributed by atoms with Gasteiger partial charge in [0, 0.05) is 18.8 Å². The minimum absolute atomic E-state index is 0.718. The van der Waals surface area contributed by atoms with Crippen LogP contribution < -0.4 is 10.6 Å². The quantitative estimate of drug-likeness (QED) is 0.576. The van der Waals surface area contributed by atoms with E-state index in [1.165, 1.54) is 12.0 Å². The molecule has 1 aromatic rings. The third-order valence-corrected chi connectivity index (χ3v) is 2.79. The molecule has 0 fully saturated rings. The lowest BCUT2D eigenvalue weighted by molar-refractivity contribution is -0.109. The summed E-state index contributed by atoms with van der Waals surface area (Å²) < 4.78 is 0. The summed E-state index contributed by atoms with van der Waals surface area (Å²) in [5.74, 6) is 1.05. The first-order chi connectivity index (χ1) is 7.90. The molecule has 4 heteroatoms. The van der Waals surface area contributed by atoms with Crippen LogP contribution in [0.1, 0.15) is 24.1 Å². The smallest absolute Gasteiger partial charge is 0.207 e. The standard InChI is InChI=1S/C12H17N3O/c16-9-13-7-2-4-11-6-5-10-3-1-8-14-12(10)15-11/h5-6,9H,1-4,7-8H2,(H,13,16)(H,14,15). The third-order valence-electron chi connectivity index (χ3n) is 2.79. The predicted molar refractivity (Wildman–Crippen MR) is 63.4 cm³/mol. The van der Waals surface area contributed by atoms with Crippen LogP contribution in [0.15, 0.2) is 12.1 Å². The summed E-state index contributed by atoms with van der Waals surface area (Å²) in [7, 11) is 0. The number of rotatable bonds is 5.